The van der Waals surface area contributed by atoms with E-state index in [9.17, 15) is 0 Å². The quantitative estimate of drug-likeness (QED) is 0.748. The van der Waals surface area contributed by atoms with Crippen molar-refractivity contribution in [2.45, 2.75) is 26.1 Å². The van der Waals surface area contributed by atoms with Crippen LogP contribution in [0.1, 0.15) is 29.5 Å². The van der Waals surface area contributed by atoms with Crippen LogP contribution < -0.4 is 0 Å². The molecule has 0 radical (unpaired) electrons. The van der Waals surface area contributed by atoms with E-state index in [4.69, 9.17) is 9.84 Å². The number of fused-ring (bicyclic) bond motifs is 1. The van der Waals surface area contributed by atoms with Gasteiger partial charge in [-0.3, -0.25) is 0 Å². The van der Waals surface area contributed by atoms with Crippen molar-refractivity contribution in [1.29, 1.82) is 0 Å². The molecule has 13 heavy (non-hydrogen) atoms. The van der Waals surface area contributed by atoms with Gasteiger partial charge in [-0.2, -0.15) is 0 Å². The average Bonchev–Trinajstić information content (AvgIpc) is 2.63. The Balaban J connectivity index is 2.30. The molecule has 1 heterocycles. The van der Waals surface area contributed by atoms with Crippen molar-refractivity contribution in [3.63, 3.8) is 0 Å². The van der Waals surface area contributed by atoms with E-state index in [1.165, 1.54) is 16.7 Å². The Morgan fingerprint density at radius 3 is 2.92 bits per heavy atom. The first kappa shape index (κ1) is 8.73. The summed E-state index contributed by atoms with van der Waals surface area (Å²) in [6.45, 7) is 3.70. The number of benzene rings is 1. The van der Waals surface area contributed by atoms with E-state index in [0.29, 0.717) is 0 Å². The van der Waals surface area contributed by atoms with Gasteiger partial charge in [0.1, 0.15) is 0 Å². The van der Waals surface area contributed by atoms with Gasteiger partial charge in [-0.15, -0.1) is 0 Å². The molecule has 1 N–H and O–H groups in total. The number of rotatable bonds is 2. The largest absolute Gasteiger partial charge is 0.396 e. The Morgan fingerprint density at radius 1 is 1.38 bits per heavy atom. The summed E-state index contributed by atoms with van der Waals surface area (Å²) < 4.78 is 5.32. The molecule has 1 aromatic carbocycles. The van der Waals surface area contributed by atoms with Crippen LogP contribution in [0, 0.1) is 0 Å². The summed E-state index contributed by atoms with van der Waals surface area (Å²) in [6.07, 6.45) is 0. The van der Waals surface area contributed by atoms with Crippen LogP contribution in [0.3, 0.4) is 0 Å². The maximum atomic E-state index is 9.01. The number of aliphatic hydroxyl groups is 1. The summed E-state index contributed by atoms with van der Waals surface area (Å²) >= 11 is 0. The van der Waals surface area contributed by atoms with Crippen molar-refractivity contribution in [2.24, 2.45) is 0 Å². The summed E-state index contributed by atoms with van der Waals surface area (Å²) in [7, 11) is 0. The molecule has 0 fully saturated rings. The minimum Gasteiger partial charge on any atom is -0.396 e. The summed E-state index contributed by atoms with van der Waals surface area (Å²) in [5.41, 5.74) is 3.76. The second-order valence-corrected chi connectivity index (χ2v) is 3.60. The fraction of sp³-hybridized carbons (Fsp3) is 0.455. The first-order chi connectivity index (χ1) is 6.31. The Bertz CT molecular complexity index is 307. The monoisotopic (exact) mass is 178 g/mol. The van der Waals surface area contributed by atoms with Crippen LogP contribution in [-0.2, 0) is 18.0 Å². The summed E-state index contributed by atoms with van der Waals surface area (Å²) in [5.74, 6) is 0.228. The molecular weight excluding hydrogens is 164 g/mol. The zero-order valence-corrected chi connectivity index (χ0v) is 7.79. The van der Waals surface area contributed by atoms with Gasteiger partial charge in [-0.25, -0.2) is 0 Å². The normalized spacial score (nSPS) is 17.1. The predicted molar refractivity (Wildman–Crippen MR) is 50.4 cm³/mol. The lowest BCUT2D eigenvalue weighted by Crippen LogP contribution is -1.99. The van der Waals surface area contributed by atoms with Crippen LogP contribution in [-0.4, -0.2) is 11.7 Å². The van der Waals surface area contributed by atoms with E-state index < -0.39 is 0 Å². The third kappa shape index (κ3) is 1.60. The maximum absolute atomic E-state index is 9.01. The summed E-state index contributed by atoms with van der Waals surface area (Å²) in [6, 6.07) is 6.32. The zero-order chi connectivity index (χ0) is 9.26. The van der Waals surface area contributed by atoms with Gasteiger partial charge in [-0.1, -0.05) is 25.1 Å². The topological polar surface area (TPSA) is 29.5 Å². The smallest absolute Gasteiger partial charge is 0.0725 e. The lowest BCUT2D eigenvalue weighted by atomic mass is 9.98. The molecule has 1 aliphatic rings. The third-order valence-electron chi connectivity index (χ3n) is 2.59. The molecule has 0 bridgehead atoms. The van der Waals surface area contributed by atoms with Gasteiger partial charge in [-0.05, 0) is 16.7 Å². The first-order valence-corrected chi connectivity index (χ1v) is 4.61. The molecule has 0 saturated heterocycles. The number of ether oxygens (including phenoxy) is 1. The van der Waals surface area contributed by atoms with Gasteiger partial charge >= 0.3 is 0 Å². The molecular formula is C11H14O2. The van der Waals surface area contributed by atoms with E-state index in [1.54, 1.807) is 0 Å². The van der Waals surface area contributed by atoms with Crippen molar-refractivity contribution in [1.82, 2.24) is 0 Å². The highest BCUT2D eigenvalue weighted by atomic mass is 16.5. The average molecular weight is 178 g/mol. The van der Waals surface area contributed by atoms with Gasteiger partial charge in [0.25, 0.3) is 0 Å². The van der Waals surface area contributed by atoms with Crippen molar-refractivity contribution in [3.05, 3.63) is 34.9 Å². The third-order valence-corrected chi connectivity index (χ3v) is 2.59. The van der Waals surface area contributed by atoms with Crippen molar-refractivity contribution in [2.75, 3.05) is 6.61 Å². The highest BCUT2D eigenvalue weighted by Crippen LogP contribution is 2.24. The Kier molecular flexibility index (Phi) is 2.34. The van der Waals surface area contributed by atoms with Gasteiger partial charge in [0.2, 0.25) is 0 Å². The Labute approximate surface area is 78.2 Å². The van der Waals surface area contributed by atoms with E-state index >= 15 is 0 Å². The molecule has 2 nitrogen and oxygen atoms in total. The number of aliphatic hydroxyl groups excluding tert-OH is 1. The van der Waals surface area contributed by atoms with Crippen LogP contribution >= 0.6 is 0 Å². The minimum absolute atomic E-state index is 0.208. The van der Waals surface area contributed by atoms with Gasteiger partial charge in [0.05, 0.1) is 13.2 Å². The van der Waals surface area contributed by atoms with Gasteiger partial charge < -0.3 is 9.84 Å². The lowest BCUT2D eigenvalue weighted by Gasteiger charge is -2.09. The number of hydrogen-bond acceptors (Lipinski definition) is 2. The molecule has 0 saturated carbocycles. The second-order valence-electron chi connectivity index (χ2n) is 3.60. The van der Waals surface area contributed by atoms with Gasteiger partial charge in [0, 0.05) is 12.5 Å². The van der Waals surface area contributed by atoms with Crippen molar-refractivity contribution >= 4 is 0 Å². The maximum Gasteiger partial charge on any atom is 0.0725 e. The molecule has 0 spiro atoms. The predicted octanol–water partition coefficient (Wildman–Crippen LogP) is 1.81. The highest BCUT2D eigenvalue weighted by molar-refractivity contribution is 5.34. The van der Waals surface area contributed by atoms with Crippen LogP contribution in [0.2, 0.25) is 0 Å². The fourth-order valence-electron chi connectivity index (χ4n) is 1.60. The van der Waals surface area contributed by atoms with Crippen LogP contribution in [0.25, 0.3) is 0 Å². The van der Waals surface area contributed by atoms with E-state index in [1.807, 2.05) is 6.92 Å². The first-order valence-electron chi connectivity index (χ1n) is 4.61. The minimum atomic E-state index is 0.208. The van der Waals surface area contributed by atoms with E-state index in [2.05, 4.69) is 18.2 Å². The molecule has 1 aromatic rings. The molecule has 0 unspecified atom stereocenters. The fourth-order valence-corrected chi connectivity index (χ4v) is 1.60. The van der Waals surface area contributed by atoms with Crippen LogP contribution in [0.15, 0.2) is 18.2 Å². The van der Waals surface area contributed by atoms with Crippen LogP contribution in [0.4, 0.5) is 0 Å². The van der Waals surface area contributed by atoms with E-state index in [-0.39, 0.29) is 12.5 Å². The number of hydrogen-bond donors (Lipinski definition) is 1. The molecule has 70 valence electrons. The Hall–Kier alpha value is -0.860. The zero-order valence-electron chi connectivity index (χ0n) is 7.79. The molecule has 0 aliphatic carbocycles. The van der Waals surface area contributed by atoms with Gasteiger partial charge in [0.15, 0.2) is 0 Å². The highest BCUT2D eigenvalue weighted by Gasteiger charge is 2.13. The molecule has 0 amide bonds. The van der Waals surface area contributed by atoms with Crippen molar-refractivity contribution < 1.29 is 9.84 Å². The molecule has 0 aromatic heterocycles. The molecule has 1 aliphatic heterocycles. The van der Waals surface area contributed by atoms with Crippen LogP contribution in [0.5, 0.6) is 0 Å². The summed E-state index contributed by atoms with van der Waals surface area (Å²) in [4.78, 5) is 0. The lowest BCUT2D eigenvalue weighted by molar-refractivity contribution is 0.134. The molecule has 2 rings (SSSR count). The molecule has 1 atom stereocenters. The Morgan fingerprint density at radius 2 is 2.15 bits per heavy atom. The second kappa shape index (κ2) is 3.48. The van der Waals surface area contributed by atoms with Crippen molar-refractivity contribution in [3.8, 4) is 0 Å². The molecule has 2 heteroatoms. The van der Waals surface area contributed by atoms with E-state index in [0.717, 1.165) is 13.2 Å². The SMILES string of the molecule is C[C@H](CO)c1ccc2c(c1)COC2. The summed E-state index contributed by atoms with van der Waals surface area (Å²) in [5, 5.41) is 9.01. The standard InChI is InChI=1S/C11H14O2/c1-8(5-12)9-2-3-10-6-13-7-11(10)4-9/h2-4,8,12H,5-7H2,1H3/t8-/m1/s1.